The van der Waals surface area contributed by atoms with Crippen LogP contribution in [0.3, 0.4) is 0 Å². The van der Waals surface area contributed by atoms with Crippen molar-refractivity contribution in [1.29, 1.82) is 0 Å². The molecule has 1 unspecified atom stereocenters. The maximum absolute atomic E-state index is 13.0. The zero-order valence-corrected chi connectivity index (χ0v) is 15.7. The Hall–Kier alpha value is -2.41. The molecule has 1 heterocycles. The van der Waals surface area contributed by atoms with Gasteiger partial charge in [-0.2, -0.15) is 0 Å². The van der Waals surface area contributed by atoms with Crippen molar-refractivity contribution in [3.63, 3.8) is 0 Å². The lowest BCUT2D eigenvalue weighted by molar-refractivity contribution is -0.127. The van der Waals surface area contributed by atoms with Crippen LogP contribution in [0.2, 0.25) is 0 Å². The van der Waals surface area contributed by atoms with E-state index in [0.29, 0.717) is 40.6 Å². The lowest BCUT2D eigenvalue weighted by Gasteiger charge is -2.33. The Bertz CT molecular complexity index is 726. The van der Waals surface area contributed by atoms with Crippen molar-refractivity contribution in [1.82, 2.24) is 15.5 Å². The summed E-state index contributed by atoms with van der Waals surface area (Å²) in [7, 11) is 1.34. The summed E-state index contributed by atoms with van der Waals surface area (Å²) in [5.41, 5.74) is 2.30. The third kappa shape index (κ3) is 3.82. The molecular weight excluding hydrogens is 338 g/mol. The third-order valence-electron chi connectivity index (χ3n) is 4.23. The fraction of sp³-hybridized carbons (Fsp3) is 0.389. The van der Waals surface area contributed by atoms with E-state index in [1.54, 1.807) is 23.1 Å². The zero-order chi connectivity index (χ0) is 18.6. The van der Waals surface area contributed by atoms with Crippen molar-refractivity contribution < 1.29 is 14.3 Å². The van der Waals surface area contributed by atoms with Crippen LogP contribution in [-0.4, -0.2) is 42.1 Å². The highest BCUT2D eigenvalue weighted by molar-refractivity contribution is 7.80. The molecule has 1 aliphatic heterocycles. The number of esters is 1. The molecule has 2 N–H and O–H groups in total. The molecule has 0 fully saturated rings. The topological polar surface area (TPSA) is 70.7 Å². The van der Waals surface area contributed by atoms with E-state index < -0.39 is 12.0 Å². The van der Waals surface area contributed by atoms with Gasteiger partial charge in [0, 0.05) is 18.8 Å². The van der Waals surface area contributed by atoms with Crippen LogP contribution in [0.1, 0.15) is 42.7 Å². The van der Waals surface area contributed by atoms with Gasteiger partial charge in [0.15, 0.2) is 5.11 Å². The molecular formula is C18H23N3O3S. The summed E-state index contributed by atoms with van der Waals surface area (Å²) < 4.78 is 4.88. The number of hydrogen-bond acceptors (Lipinski definition) is 4. The molecule has 0 radical (unpaired) electrons. The number of nitrogens with zero attached hydrogens (tertiary/aromatic N) is 1. The first-order valence-corrected chi connectivity index (χ1v) is 8.60. The van der Waals surface area contributed by atoms with E-state index in [4.69, 9.17) is 17.0 Å². The van der Waals surface area contributed by atoms with E-state index in [2.05, 4.69) is 10.6 Å². The first-order valence-electron chi connectivity index (χ1n) is 8.19. The molecule has 134 valence electrons. The van der Waals surface area contributed by atoms with Crippen molar-refractivity contribution >= 4 is 29.2 Å². The Labute approximate surface area is 153 Å². The van der Waals surface area contributed by atoms with Gasteiger partial charge < -0.3 is 20.3 Å². The minimum Gasteiger partial charge on any atom is -0.465 e. The second-order valence-electron chi connectivity index (χ2n) is 5.63. The molecule has 1 aromatic carbocycles. The van der Waals surface area contributed by atoms with Crippen molar-refractivity contribution in [2.45, 2.75) is 26.8 Å². The van der Waals surface area contributed by atoms with Crippen LogP contribution < -0.4 is 10.6 Å². The highest BCUT2D eigenvalue weighted by Crippen LogP contribution is 2.30. The Morgan fingerprint density at radius 2 is 1.88 bits per heavy atom. The molecule has 1 aliphatic rings. The number of methoxy groups -OCH3 is 1. The maximum Gasteiger partial charge on any atom is 0.338 e. The molecule has 0 aromatic heterocycles. The van der Waals surface area contributed by atoms with Crippen LogP contribution in [0.25, 0.3) is 0 Å². The van der Waals surface area contributed by atoms with E-state index in [9.17, 15) is 9.59 Å². The quantitative estimate of drug-likeness (QED) is 0.618. The highest BCUT2D eigenvalue weighted by Gasteiger charge is 2.33. The van der Waals surface area contributed by atoms with Gasteiger partial charge in [0.2, 0.25) is 0 Å². The van der Waals surface area contributed by atoms with E-state index in [1.165, 1.54) is 7.11 Å². The lowest BCUT2D eigenvalue weighted by atomic mass is 9.91. The smallest absolute Gasteiger partial charge is 0.338 e. The standard InChI is InChI=1S/C18H23N3O3S/c1-5-21(6-2)16(22)14-11(3)19-18(25)20-15(14)12-9-7-8-10-13(12)17(23)24-4/h7-10,15H,5-6H2,1-4H3,(H2,19,20,25). The normalized spacial score (nSPS) is 16.8. The number of ether oxygens (including phenoxy) is 1. The van der Waals surface area contributed by atoms with Crippen LogP contribution in [0.5, 0.6) is 0 Å². The molecule has 1 aromatic rings. The first-order chi connectivity index (χ1) is 11.9. The molecule has 7 heteroatoms. The first kappa shape index (κ1) is 18.9. The van der Waals surface area contributed by atoms with Gasteiger partial charge in [-0.1, -0.05) is 18.2 Å². The average Bonchev–Trinajstić information content (AvgIpc) is 2.61. The predicted molar refractivity (Wildman–Crippen MR) is 100 cm³/mol. The van der Waals surface area contributed by atoms with Crippen molar-refractivity contribution in [2.75, 3.05) is 20.2 Å². The zero-order valence-electron chi connectivity index (χ0n) is 14.9. The number of allylic oxidation sites excluding steroid dienone is 1. The number of carbonyl (C=O) groups is 2. The van der Waals surface area contributed by atoms with Gasteiger partial charge in [-0.05, 0) is 44.6 Å². The summed E-state index contributed by atoms with van der Waals surface area (Å²) in [5.74, 6) is -0.538. The molecule has 25 heavy (non-hydrogen) atoms. The molecule has 0 spiro atoms. The van der Waals surface area contributed by atoms with Gasteiger partial charge in [0.25, 0.3) is 5.91 Å². The number of carbonyl (C=O) groups excluding carboxylic acids is 2. The van der Waals surface area contributed by atoms with E-state index in [1.807, 2.05) is 26.8 Å². The molecule has 1 amide bonds. The van der Waals surface area contributed by atoms with Crippen molar-refractivity contribution in [3.05, 3.63) is 46.7 Å². The Morgan fingerprint density at radius 1 is 1.24 bits per heavy atom. The SMILES string of the molecule is CCN(CC)C(=O)C1=C(C)NC(=S)NC1c1ccccc1C(=O)OC. The maximum atomic E-state index is 13.0. The molecule has 6 nitrogen and oxygen atoms in total. The van der Waals surface area contributed by atoms with E-state index >= 15 is 0 Å². The number of likely N-dealkylation sites (N-methyl/N-ethyl adjacent to an activating group) is 1. The lowest BCUT2D eigenvalue weighted by Crippen LogP contribution is -2.48. The number of amides is 1. The largest absolute Gasteiger partial charge is 0.465 e. The molecule has 0 aliphatic carbocycles. The van der Waals surface area contributed by atoms with Crippen molar-refractivity contribution in [3.8, 4) is 0 Å². The molecule has 1 atom stereocenters. The fourth-order valence-electron chi connectivity index (χ4n) is 2.94. The molecule has 2 rings (SSSR count). The van der Waals surface area contributed by atoms with Crippen LogP contribution in [-0.2, 0) is 9.53 Å². The summed E-state index contributed by atoms with van der Waals surface area (Å²) in [5, 5.41) is 6.55. The van der Waals surface area contributed by atoms with Crippen LogP contribution in [0.15, 0.2) is 35.5 Å². The molecule has 0 saturated heterocycles. The van der Waals surface area contributed by atoms with Gasteiger partial charge in [-0.25, -0.2) is 4.79 Å². The van der Waals surface area contributed by atoms with Crippen LogP contribution in [0, 0.1) is 0 Å². The monoisotopic (exact) mass is 361 g/mol. The van der Waals surface area contributed by atoms with Gasteiger partial charge in [0.1, 0.15) is 0 Å². The predicted octanol–water partition coefficient (Wildman–Crippen LogP) is 2.13. The van der Waals surface area contributed by atoms with Crippen molar-refractivity contribution in [2.24, 2.45) is 0 Å². The van der Waals surface area contributed by atoms with E-state index in [0.717, 1.165) is 0 Å². The van der Waals surface area contributed by atoms with Gasteiger partial charge >= 0.3 is 5.97 Å². The summed E-state index contributed by atoms with van der Waals surface area (Å²) in [4.78, 5) is 26.9. The minimum atomic E-state index is -0.517. The number of benzene rings is 1. The highest BCUT2D eigenvalue weighted by atomic mass is 32.1. The molecule has 0 bridgehead atoms. The minimum absolute atomic E-state index is 0.0883. The summed E-state index contributed by atoms with van der Waals surface area (Å²) >= 11 is 5.26. The Morgan fingerprint density at radius 3 is 2.48 bits per heavy atom. The molecule has 0 saturated carbocycles. The number of thiocarbonyl (C=S) groups is 1. The number of hydrogen-bond donors (Lipinski definition) is 2. The number of rotatable bonds is 5. The fourth-order valence-corrected chi connectivity index (χ4v) is 3.21. The summed E-state index contributed by atoms with van der Waals surface area (Å²) in [6, 6.07) is 6.56. The third-order valence-corrected chi connectivity index (χ3v) is 4.45. The number of nitrogens with one attached hydrogen (secondary N) is 2. The Balaban J connectivity index is 2.58. The van der Waals surface area contributed by atoms with Gasteiger partial charge in [-0.3, -0.25) is 4.79 Å². The summed E-state index contributed by atoms with van der Waals surface area (Å²) in [6.07, 6.45) is 0. The second-order valence-corrected chi connectivity index (χ2v) is 6.03. The average molecular weight is 361 g/mol. The second kappa shape index (κ2) is 8.11. The Kier molecular flexibility index (Phi) is 6.14. The van der Waals surface area contributed by atoms with Crippen LogP contribution >= 0.6 is 12.2 Å². The van der Waals surface area contributed by atoms with E-state index in [-0.39, 0.29) is 5.91 Å². The summed E-state index contributed by atoms with van der Waals surface area (Å²) in [6.45, 7) is 6.88. The van der Waals surface area contributed by atoms with Gasteiger partial charge in [0.05, 0.1) is 24.3 Å². The van der Waals surface area contributed by atoms with Crippen LogP contribution in [0.4, 0.5) is 0 Å². The van der Waals surface area contributed by atoms with Gasteiger partial charge in [-0.15, -0.1) is 0 Å².